The third-order valence-electron chi connectivity index (χ3n) is 4.20. The normalized spacial score (nSPS) is 16.5. The van der Waals surface area contributed by atoms with Gasteiger partial charge in [-0.3, -0.25) is 4.79 Å². The summed E-state index contributed by atoms with van der Waals surface area (Å²) in [5.74, 6) is 1.57. The molecule has 1 atom stereocenters. The van der Waals surface area contributed by atoms with E-state index in [1.54, 1.807) is 7.11 Å². The average molecular weight is 291 g/mol. The van der Waals surface area contributed by atoms with E-state index in [1.807, 2.05) is 43.1 Å². The maximum absolute atomic E-state index is 12.6. The van der Waals surface area contributed by atoms with Crippen molar-refractivity contribution in [2.24, 2.45) is 0 Å². The third kappa shape index (κ3) is 3.90. The Labute approximate surface area is 127 Å². The first-order valence-corrected chi connectivity index (χ1v) is 7.73. The lowest BCUT2D eigenvalue weighted by Gasteiger charge is -2.28. The third-order valence-corrected chi connectivity index (χ3v) is 4.20. The van der Waals surface area contributed by atoms with Gasteiger partial charge in [-0.2, -0.15) is 0 Å². The van der Waals surface area contributed by atoms with Crippen molar-refractivity contribution in [2.45, 2.75) is 51.2 Å². The Kier molecular flexibility index (Phi) is 5.48. The summed E-state index contributed by atoms with van der Waals surface area (Å²) in [6, 6.07) is 7.74. The van der Waals surface area contributed by atoms with Crippen molar-refractivity contribution in [1.29, 1.82) is 0 Å². The van der Waals surface area contributed by atoms with Crippen LogP contribution in [0, 0.1) is 0 Å². The predicted molar refractivity (Wildman–Crippen MR) is 82.7 cm³/mol. The molecule has 4 heteroatoms. The molecule has 1 aliphatic carbocycles. The molecule has 1 aliphatic rings. The van der Waals surface area contributed by atoms with Crippen LogP contribution in [0.25, 0.3) is 0 Å². The summed E-state index contributed by atoms with van der Waals surface area (Å²) in [6.45, 7) is 1.98. The second-order valence-corrected chi connectivity index (χ2v) is 5.58. The van der Waals surface area contributed by atoms with Crippen LogP contribution in [-0.2, 0) is 4.79 Å². The van der Waals surface area contributed by atoms with E-state index in [0.717, 1.165) is 18.6 Å². The van der Waals surface area contributed by atoms with E-state index in [1.165, 1.54) is 12.8 Å². The zero-order valence-corrected chi connectivity index (χ0v) is 13.2. The number of carbonyl (C=O) groups excluding carboxylic acids is 1. The van der Waals surface area contributed by atoms with E-state index < -0.39 is 6.10 Å². The lowest BCUT2D eigenvalue weighted by molar-refractivity contribution is -0.139. The van der Waals surface area contributed by atoms with Gasteiger partial charge in [-0.15, -0.1) is 0 Å². The maximum atomic E-state index is 12.6. The van der Waals surface area contributed by atoms with Crippen LogP contribution in [-0.4, -0.2) is 37.1 Å². The Morgan fingerprint density at radius 3 is 2.33 bits per heavy atom. The lowest BCUT2D eigenvalue weighted by Crippen LogP contribution is -2.43. The van der Waals surface area contributed by atoms with Gasteiger partial charge in [-0.05, 0) is 43.5 Å². The number of benzene rings is 1. The zero-order valence-electron chi connectivity index (χ0n) is 13.2. The summed E-state index contributed by atoms with van der Waals surface area (Å²) in [4.78, 5) is 14.4. The molecule has 4 nitrogen and oxygen atoms in total. The van der Waals surface area contributed by atoms with E-state index in [2.05, 4.69) is 0 Å². The second kappa shape index (κ2) is 7.34. The SMILES string of the molecule is CC[C@H](Oc1ccc(OC)cc1)C(=O)N(C)C1CCCC1. The Bertz CT molecular complexity index is 452. The molecule has 2 rings (SSSR count). The first-order chi connectivity index (χ1) is 10.2. The molecule has 0 aliphatic heterocycles. The molecule has 0 saturated heterocycles. The van der Waals surface area contributed by atoms with Crippen molar-refractivity contribution >= 4 is 5.91 Å². The summed E-state index contributed by atoms with van der Waals surface area (Å²) in [6.07, 6.45) is 4.92. The minimum atomic E-state index is -0.413. The number of rotatable bonds is 6. The standard InChI is InChI=1S/C17H25NO3/c1-4-16(17(19)18(2)13-7-5-6-8-13)21-15-11-9-14(20-3)10-12-15/h9-13,16H,4-8H2,1-3H3/t16-/m0/s1. The summed E-state index contributed by atoms with van der Waals surface area (Å²) in [5, 5.41) is 0. The molecule has 0 N–H and O–H groups in total. The van der Waals surface area contributed by atoms with Gasteiger partial charge in [0.2, 0.25) is 0 Å². The molecular formula is C17H25NO3. The Balaban J connectivity index is 1.98. The fraction of sp³-hybridized carbons (Fsp3) is 0.588. The smallest absolute Gasteiger partial charge is 0.263 e. The van der Waals surface area contributed by atoms with Gasteiger partial charge in [0.25, 0.3) is 5.91 Å². The van der Waals surface area contributed by atoms with E-state index >= 15 is 0 Å². The number of likely N-dealkylation sites (N-methyl/N-ethyl adjacent to an activating group) is 1. The molecule has 0 heterocycles. The van der Waals surface area contributed by atoms with Crippen molar-refractivity contribution < 1.29 is 14.3 Å². The van der Waals surface area contributed by atoms with Gasteiger partial charge >= 0.3 is 0 Å². The quantitative estimate of drug-likeness (QED) is 0.807. The monoisotopic (exact) mass is 291 g/mol. The Hall–Kier alpha value is -1.71. The van der Waals surface area contributed by atoms with Crippen LogP contribution in [0.1, 0.15) is 39.0 Å². The van der Waals surface area contributed by atoms with Crippen molar-refractivity contribution in [3.8, 4) is 11.5 Å². The summed E-state index contributed by atoms with van der Waals surface area (Å²) >= 11 is 0. The molecular weight excluding hydrogens is 266 g/mol. The number of methoxy groups -OCH3 is 1. The summed E-state index contributed by atoms with van der Waals surface area (Å²) in [7, 11) is 3.53. The first kappa shape index (κ1) is 15.7. The second-order valence-electron chi connectivity index (χ2n) is 5.58. The summed E-state index contributed by atoms with van der Waals surface area (Å²) in [5.41, 5.74) is 0. The molecule has 1 amide bonds. The molecule has 1 aromatic carbocycles. The molecule has 0 radical (unpaired) electrons. The minimum absolute atomic E-state index is 0.0835. The van der Waals surface area contributed by atoms with Crippen molar-refractivity contribution in [2.75, 3.05) is 14.2 Å². The van der Waals surface area contributed by atoms with Crippen molar-refractivity contribution in [3.05, 3.63) is 24.3 Å². The van der Waals surface area contributed by atoms with Gasteiger partial charge in [0, 0.05) is 13.1 Å². The molecule has 1 fully saturated rings. The molecule has 0 aromatic heterocycles. The fourth-order valence-corrected chi connectivity index (χ4v) is 2.83. The van der Waals surface area contributed by atoms with E-state index in [-0.39, 0.29) is 5.91 Å². The topological polar surface area (TPSA) is 38.8 Å². The number of hydrogen-bond donors (Lipinski definition) is 0. The van der Waals surface area contributed by atoms with E-state index in [0.29, 0.717) is 18.2 Å². The Morgan fingerprint density at radius 1 is 1.24 bits per heavy atom. The van der Waals surface area contributed by atoms with E-state index in [4.69, 9.17) is 9.47 Å². The number of amides is 1. The van der Waals surface area contributed by atoms with Crippen LogP contribution >= 0.6 is 0 Å². The minimum Gasteiger partial charge on any atom is -0.497 e. The molecule has 21 heavy (non-hydrogen) atoms. The van der Waals surface area contributed by atoms with Gasteiger partial charge in [0.1, 0.15) is 11.5 Å². The predicted octanol–water partition coefficient (Wildman–Crippen LogP) is 3.25. The number of hydrogen-bond acceptors (Lipinski definition) is 3. The first-order valence-electron chi connectivity index (χ1n) is 7.73. The zero-order chi connectivity index (χ0) is 15.2. The van der Waals surface area contributed by atoms with Gasteiger partial charge in [-0.1, -0.05) is 19.8 Å². The largest absolute Gasteiger partial charge is 0.497 e. The van der Waals surface area contributed by atoms with E-state index in [9.17, 15) is 4.79 Å². The highest BCUT2D eigenvalue weighted by Gasteiger charge is 2.29. The van der Waals surface area contributed by atoms with Gasteiger partial charge in [-0.25, -0.2) is 0 Å². The maximum Gasteiger partial charge on any atom is 0.263 e. The highest BCUT2D eigenvalue weighted by Crippen LogP contribution is 2.24. The van der Waals surface area contributed by atoms with Gasteiger partial charge in [0.15, 0.2) is 6.10 Å². The highest BCUT2D eigenvalue weighted by molar-refractivity contribution is 5.81. The highest BCUT2D eigenvalue weighted by atomic mass is 16.5. The van der Waals surface area contributed by atoms with Crippen LogP contribution in [0.15, 0.2) is 24.3 Å². The van der Waals surface area contributed by atoms with Crippen LogP contribution in [0.3, 0.4) is 0 Å². The molecule has 116 valence electrons. The number of ether oxygens (including phenoxy) is 2. The lowest BCUT2D eigenvalue weighted by atomic mass is 10.1. The van der Waals surface area contributed by atoms with Crippen molar-refractivity contribution in [1.82, 2.24) is 4.90 Å². The van der Waals surface area contributed by atoms with Gasteiger partial charge < -0.3 is 14.4 Å². The molecule has 1 aromatic rings. The number of carbonyl (C=O) groups is 1. The summed E-state index contributed by atoms with van der Waals surface area (Å²) < 4.78 is 11.0. The van der Waals surface area contributed by atoms with Crippen molar-refractivity contribution in [3.63, 3.8) is 0 Å². The molecule has 1 saturated carbocycles. The van der Waals surface area contributed by atoms with Crippen LogP contribution in [0.5, 0.6) is 11.5 Å². The van der Waals surface area contributed by atoms with Crippen LogP contribution in [0.2, 0.25) is 0 Å². The number of nitrogens with zero attached hydrogens (tertiary/aromatic N) is 1. The molecule has 0 spiro atoms. The van der Waals surface area contributed by atoms with Crippen LogP contribution in [0.4, 0.5) is 0 Å². The molecule has 0 unspecified atom stereocenters. The van der Waals surface area contributed by atoms with Crippen LogP contribution < -0.4 is 9.47 Å². The fourth-order valence-electron chi connectivity index (χ4n) is 2.83. The Morgan fingerprint density at radius 2 is 1.81 bits per heavy atom. The van der Waals surface area contributed by atoms with Gasteiger partial charge in [0.05, 0.1) is 7.11 Å². The average Bonchev–Trinajstić information content (AvgIpc) is 3.06. The molecule has 0 bridgehead atoms.